The molecule has 2 nitrogen and oxygen atoms in total. The zero-order valence-electron chi connectivity index (χ0n) is 8.47. The maximum absolute atomic E-state index is 9.83. The van der Waals surface area contributed by atoms with Crippen molar-refractivity contribution >= 4 is 10.6 Å². The van der Waals surface area contributed by atoms with Gasteiger partial charge in [-0.05, 0) is 26.0 Å². The van der Waals surface area contributed by atoms with Crippen LogP contribution in [0, 0.1) is 0 Å². The van der Waals surface area contributed by atoms with Gasteiger partial charge in [0.15, 0.2) is 0 Å². The van der Waals surface area contributed by atoms with Crippen LogP contribution in [0.1, 0.15) is 13.8 Å². The van der Waals surface area contributed by atoms with Crippen molar-refractivity contribution in [3.05, 3.63) is 42.0 Å². The first-order chi connectivity index (χ1) is 6.52. The van der Waals surface area contributed by atoms with Crippen LogP contribution < -0.4 is 0 Å². The first kappa shape index (κ1) is 11.3. The molecule has 0 aliphatic heterocycles. The van der Waals surface area contributed by atoms with E-state index in [1.54, 1.807) is 12.1 Å². The first-order valence-corrected chi connectivity index (χ1v) is 6.18. The monoisotopic (exact) mass is 212 g/mol. The van der Waals surface area contributed by atoms with E-state index in [1.807, 2.05) is 38.1 Å². The van der Waals surface area contributed by atoms with Crippen molar-refractivity contribution in [2.75, 3.05) is 5.75 Å². The van der Waals surface area contributed by atoms with Gasteiger partial charge in [0.1, 0.15) is 0 Å². The number of allylic oxidation sites excluding steroid dienone is 1. The lowest BCUT2D eigenvalue weighted by Crippen LogP contribution is -2.01. The summed E-state index contributed by atoms with van der Waals surface area (Å²) in [5.74, 6) is 0.305. The highest BCUT2D eigenvalue weighted by atomic mass is 32.3. The Bertz CT molecular complexity index is 313. The number of hydrogen-bond donors (Lipinski definition) is 2. The fraction of sp³-hybridized carbons (Fsp3) is 0.273. The van der Waals surface area contributed by atoms with E-state index in [1.165, 1.54) is 0 Å². The second-order valence-corrected chi connectivity index (χ2v) is 5.57. The molecule has 1 aromatic carbocycles. The topological polar surface area (TPSA) is 40.5 Å². The summed E-state index contributed by atoms with van der Waals surface area (Å²) in [6.07, 6.45) is 1.85. The Labute approximate surface area is 86.6 Å². The molecule has 0 amide bonds. The molecule has 1 aromatic rings. The Morgan fingerprint density at radius 3 is 2.29 bits per heavy atom. The average Bonchev–Trinajstić information content (AvgIpc) is 2.16. The van der Waals surface area contributed by atoms with Crippen LogP contribution in [0.15, 0.2) is 46.9 Å². The summed E-state index contributed by atoms with van der Waals surface area (Å²) in [5, 5.41) is 0. The molecule has 0 aliphatic rings. The molecule has 0 radical (unpaired) electrons. The van der Waals surface area contributed by atoms with E-state index < -0.39 is 10.6 Å². The third-order valence-electron chi connectivity index (χ3n) is 1.84. The van der Waals surface area contributed by atoms with E-state index in [4.69, 9.17) is 0 Å². The largest absolute Gasteiger partial charge is 0.295 e. The van der Waals surface area contributed by atoms with Crippen molar-refractivity contribution < 1.29 is 9.11 Å². The quantitative estimate of drug-likeness (QED) is 0.749. The minimum absolute atomic E-state index is 0.305. The summed E-state index contributed by atoms with van der Waals surface area (Å²) in [6.45, 7) is 3.89. The van der Waals surface area contributed by atoms with Crippen LogP contribution in [0.2, 0.25) is 0 Å². The third kappa shape index (κ3) is 3.18. The molecule has 0 saturated heterocycles. The minimum atomic E-state index is -2.63. The first-order valence-electron chi connectivity index (χ1n) is 4.47. The van der Waals surface area contributed by atoms with Gasteiger partial charge in [0, 0.05) is 0 Å². The highest BCUT2D eigenvalue weighted by Gasteiger charge is 2.12. The Morgan fingerprint density at radius 1 is 1.21 bits per heavy atom. The zero-order valence-corrected chi connectivity index (χ0v) is 9.29. The minimum Gasteiger partial charge on any atom is -0.295 e. The van der Waals surface area contributed by atoms with Gasteiger partial charge in [-0.2, -0.15) is 10.6 Å². The Balaban J connectivity index is 2.81. The molecule has 0 saturated carbocycles. The fourth-order valence-corrected chi connectivity index (χ4v) is 2.37. The second-order valence-electron chi connectivity index (χ2n) is 3.43. The molecule has 0 atom stereocenters. The lowest BCUT2D eigenvalue weighted by atomic mass is 10.3. The fourth-order valence-electron chi connectivity index (χ4n) is 1.02. The molecule has 0 unspecified atom stereocenters. The van der Waals surface area contributed by atoms with Crippen molar-refractivity contribution in [1.82, 2.24) is 0 Å². The lowest BCUT2D eigenvalue weighted by molar-refractivity contribution is 0.491. The summed E-state index contributed by atoms with van der Waals surface area (Å²) in [5.41, 5.74) is 1.10. The predicted molar refractivity (Wildman–Crippen MR) is 61.9 cm³/mol. The predicted octanol–water partition coefficient (Wildman–Crippen LogP) is 3.76. The number of benzene rings is 1. The molecule has 3 heteroatoms. The van der Waals surface area contributed by atoms with Crippen molar-refractivity contribution in [2.24, 2.45) is 0 Å². The van der Waals surface area contributed by atoms with E-state index in [0.29, 0.717) is 10.6 Å². The van der Waals surface area contributed by atoms with Crippen molar-refractivity contribution in [2.45, 2.75) is 18.7 Å². The van der Waals surface area contributed by atoms with Crippen LogP contribution in [0.4, 0.5) is 0 Å². The van der Waals surface area contributed by atoms with Gasteiger partial charge in [0.25, 0.3) is 0 Å². The summed E-state index contributed by atoms with van der Waals surface area (Å²) in [7, 11) is -2.63. The van der Waals surface area contributed by atoms with Crippen molar-refractivity contribution in [3.8, 4) is 0 Å². The molecule has 0 fully saturated rings. The van der Waals surface area contributed by atoms with E-state index in [-0.39, 0.29) is 0 Å². The molecule has 14 heavy (non-hydrogen) atoms. The molecule has 0 heterocycles. The van der Waals surface area contributed by atoms with E-state index in [9.17, 15) is 9.11 Å². The molecular weight excluding hydrogens is 196 g/mol. The molecule has 0 aliphatic carbocycles. The molecule has 78 valence electrons. The third-order valence-corrected chi connectivity index (χ3v) is 3.50. The van der Waals surface area contributed by atoms with Crippen LogP contribution in [-0.2, 0) is 0 Å². The highest BCUT2D eigenvalue weighted by molar-refractivity contribution is 8.24. The maximum Gasteiger partial charge on any atom is 0.0607 e. The van der Waals surface area contributed by atoms with Gasteiger partial charge >= 0.3 is 0 Å². The van der Waals surface area contributed by atoms with Gasteiger partial charge in [-0.1, -0.05) is 29.8 Å². The number of rotatable bonds is 3. The smallest absolute Gasteiger partial charge is 0.0607 e. The van der Waals surface area contributed by atoms with Crippen molar-refractivity contribution in [3.63, 3.8) is 0 Å². The van der Waals surface area contributed by atoms with Gasteiger partial charge in [-0.3, -0.25) is 9.11 Å². The summed E-state index contributed by atoms with van der Waals surface area (Å²) in [4.78, 5) is 0.609. The van der Waals surface area contributed by atoms with Gasteiger partial charge in [-0.25, -0.2) is 0 Å². The van der Waals surface area contributed by atoms with Crippen LogP contribution in [0.5, 0.6) is 0 Å². The molecule has 0 aromatic heterocycles. The van der Waals surface area contributed by atoms with Gasteiger partial charge in [0.05, 0.1) is 10.6 Å². The standard InChI is InChI=1S/C11H16O2S/c1-10(2)8-9-14(12,13)11-6-4-3-5-7-11/h3-8,12-13H,9H2,1-2H3. The molecular formula is C11H16O2S. The average molecular weight is 212 g/mol. The molecule has 2 N–H and O–H groups in total. The van der Waals surface area contributed by atoms with Crippen LogP contribution in [0.3, 0.4) is 0 Å². The number of hydrogen-bond acceptors (Lipinski definition) is 2. The maximum atomic E-state index is 9.83. The highest BCUT2D eigenvalue weighted by Crippen LogP contribution is 2.47. The molecule has 0 spiro atoms. The van der Waals surface area contributed by atoms with Crippen LogP contribution >= 0.6 is 10.6 Å². The summed E-state index contributed by atoms with van der Waals surface area (Å²) in [6, 6.07) is 8.97. The van der Waals surface area contributed by atoms with E-state index in [0.717, 1.165) is 5.57 Å². The zero-order chi connectivity index (χ0) is 10.6. The van der Waals surface area contributed by atoms with Gasteiger partial charge < -0.3 is 0 Å². The SMILES string of the molecule is CC(C)=CCS(O)(O)c1ccccc1. The Morgan fingerprint density at radius 2 is 1.79 bits per heavy atom. The van der Waals surface area contributed by atoms with E-state index in [2.05, 4.69) is 0 Å². The second kappa shape index (κ2) is 4.64. The summed E-state index contributed by atoms with van der Waals surface area (Å²) < 4.78 is 19.7. The molecule has 0 bridgehead atoms. The normalized spacial score (nSPS) is 12.3. The van der Waals surface area contributed by atoms with Crippen LogP contribution in [-0.4, -0.2) is 14.9 Å². The Hall–Kier alpha value is -0.770. The van der Waals surface area contributed by atoms with E-state index >= 15 is 0 Å². The van der Waals surface area contributed by atoms with Gasteiger partial charge in [0.2, 0.25) is 0 Å². The lowest BCUT2D eigenvalue weighted by Gasteiger charge is -2.31. The van der Waals surface area contributed by atoms with Gasteiger partial charge in [-0.15, -0.1) is 0 Å². The Kier molecular flexibility index (Phi) is 3.75. The summed E-state index contributed by atoms with van der Waals surface area (Å²) >= 11 is 0. The van der Waals surface area contributed by atoms with Crippen molar-refractivity contribution in [1.29, 1.82) is 0 Å². The molecule has 1 rings (SSSR count). The van der Waals surface area contributed by atoms with Crippen LogP contribution in [0.25, 0.3) is 0 Å².